The largest absolute Gasteiger partial charge is 0.489 e. The van der Waals surface area contributed by atoms with Crippen LogP contribution in [0.5, 0.6) is 5.75 Å². The first kappa shape index (κ1) is 25.4. The highest BCUT2D eigenvalue weighted by atomic mass is 28.4. The van der Waals surface area contributed by atoms with Crippen LogP contribution >= 0.6 is 0 Å². The fourth-order valence-electron chi connectivity index (χ4n) is 3.83. The van der Waals surface area contributed by atoms with Crippen molar-refractivity contribution in [3.8, 4) is 5.75 Å². The van der Waals surface area contributed by atoms with Gasteiger partial charge in [-0.15, -0.1) is 0 Å². The van der Waals surface area contributed by atoms with Gasteiger partial charge in [0.15, 0.2) is 13.9 Å². The van der Waals surface area contributed by atoms with Crippen molar-refractivity contribution in [2.24, 2.45) is 5.16 Å². The number of aliphatic hydroxyl groups excluding tert-OH is 1. The normalized spacial score (nSPS) is 18.4. The van der Waals surface area contributed by atoms with Crippen LogP contribution in [-0.2, 0) is 15.9 Å². The number of hydrogen-bond acceptors (Lipinski definition) is 6. The molecule has 1 unspecified atom stereocenters. The Kier molecular flexibility index (Phi) is 7.04. The van der Waals surface area contributed by atoms with Crippen molar-refractivity contribution in [3.63, 3.8) is 0 Å². The average molecular weight is 493 g/mol. The maximum Gasteiger partial charge on any atom is 0.192 e. The van der Waals surface area contributed by atoms with Crippen LogP contribution in [0.25, 0.3) is 10.9 Å². The molecule has 1 atom stereocenters. The SMILES string of the molecule is Cc1cc(COc2ccc(C3=NOC(CO)(CO[Si](C)(C)C(C)(C)C)C3)cc2)c2ccccc2n1. The number of aliphatic hydroxyl groups is 1. The summed E-state index contributed by atoms with van der Waals surface area (Å²) in [6.45, 7) is 13.6. The molecule has 0 fully saturated rings. The number of nitrogens with zero attached hydrogens (tertiary/aromatic N) is 2. The molecule has 1 N–H and O–H groups in total. The number of benzene rings is 2. The Morgan fingerprint density at radius 3 is 2.49 bits per heavy atom. The van der Waals surface area contributed by atoms with Gasteiger partial charge in [-0.25, -0.2) is 0 Å². The van der Waals surface area contributed by atoms with Gasteiger partial charge in [-0.1, -0.05) is 44.1 Å². The third-order valence-corrected chi connectivity index (χ3v) is 11.6. The smallest absolute Gasteiger partial charge is 0.192 e. The molecule has 4 rings (SSSR count). The lowest BCUT2D eigenvalue weighted by Gasteiger charge is -2.38. The minimum Gasteiger partial charge on any atom is -0.489 e. The molecule has 0 aliphatic carbocycles. The molecule has 3 aromatic rings. The first-order valence-electron chi connectivity index (χ1n) is 12.1. The zero-order valence-corrected chi connectivity index (χ0v) is 22.6. The van der Waals surface area contributed by atoms with E-state index in [0.717, 1.165) is 39.2 Å². The summed E-state index contributed by atoms with van der Waals surface area (Å²) >= 11 is 0. The summed E-state index contributed by atoms with van der Waals surface area (Å²) in [7, 11) is -1.97. The summed E-state index contributed by atoms with van der Waals surface area (Å²) < 4.78 is 12.4. The van der Waals surface area contributed by atoms with Crippen molar-refractivity contribution in [1.29, 1.82) is 0 Å². The van der Waals surface area contributed by atoms with Gasteiger partial charge in [0, 0.05) is 23.1 Å². The van der Waals surface area contributed by atoms with E-state index in [1.165, 1.54) is 0 Å². The quantitative estimate of drug-likeness (QED) is 0.391. The van der Waals surface area contributed by atoms with Crippen LogP contribution in [0.2, 0.25) is 18.1 Å². The Morgan fingerprint density at radius 1 is 1.09 bits per heavy atom. The molecule has 7 heteroatoms. The van der Waals surface area contributed by atoms with Gasteiger partial charge >= 0.3 is 0 Å². The number of hydrogen-bond donors (Lipinski definition) is 1. The number of oxime groups is 1. The van der Waals surface area contributed by atoms with Gasteiger partial charge < -0.3 is 19.1 Å². The molecule has 2 aromatic carbocycles. The van der Waals surface area contributed by atoms with Crippen molar-refractivity contribution in [2.45, 2.75) is 64.5 Å². The molecule has 0 amide bonds. The lowest BCUT2D eigenvalue weighted by molar-refractivity contribution is -0.0846. The zero-order chi connectivity index (χ0) is 25.3. The molecule has 1 aliphatic rings. The highest BCUT2D eigenvalue weighted by molar-refractivity contribution is 6.74. The van der Waals surface area contributed by atoms with Crippen molar-refractivity contribution in [1.82, 2.24) is 4.98 Å². The van der Waals surface area contributed by atoms with Crippen LogP contribution in [0.3, 0.4) is 0 Å². The average Bonchev–Trinajstić information content (AvgIpc) is 3.26. The van der Waals surface area contributed by atoms with Crippen molar-refractivity contribution < 1.29 is 19.1 Å². The Labute approximate surface area is 209 Å². The summed E-state index contributed by atoms with van der Waals surface area (Å²) in [6, 6.07) is 18.0. The van der Waals surface area contributed by atoms with E-state index in [1.807, 2.05) is 49.4 Å². The molecule has 35 heavy (non-hydrogen) atoms. The molecule has 2 heterocycles. The van der Waals surface area contributed by atoms with E-state index in [1.54, 1.807) is 0 Å². The Bertz CT molecular complexity index is 1220. The summed E-state index contributed by atoms with van der Waals surface area (Å²) in [5.41, 5.74) is 3.98. The second-order valence-electron chi connectivity index (χ2n) is 10.9. The van der Waals surface area contributed by atoms with E-state index in [2.05, 4.69) is 56.1 Å². The van der Waals surface area contributed by atoms with Gasteiger partial charge in [-0.05, 0) is 67.0 Å². The minimum atomic E-state index is -1.97. The molecule has 0 saturated carbocycles. The minimum absolute atomic E-state index is 0.0863. The summed E-state index contributed by atoms with van der Waals surface area (Å²) in [6.07, 6.45) is 0.501. The third kappa shape index (κ3) is 5.58. The molecule has 0 spiro atoms. The lowest BCUT2D eigenvalue weighted by atomic mass is 9.96. The van der Waals surface area contributed by atoms with Gasteiger partial charge in [0.1, 0.15) is 12.4 Å². The highest BCUT2D eigenvalue weighted by Crippen LogP contribution is 2.38. The van der Waals surface area contributed by atoms with Crippen LogP contribution < -0.4 is 4.74 Å². The lowest BCUT2D eigenvalue weighted by Crippen LogP contribution is -2.48. The second kappa shape index (κ2) is 9.72. The Hall–Kier alpha value is -2.74. The number of aromatic nitrogens is 1. The first-order valence-corrected chi connectivity index (χ1v) is 15.0. The monoisotopic (exact) mass is 492 g/mol. The van der Waals surface area contributed by atoms with Crippen molar-refractivity contribution in [2.75, 3.05) is 13.2 Å². The fraction of sp³-hybridized carbons (Fsp3) is 0.429. The van der Waals surface area contributed by atoms with E-state index in [4.69, 9.17) is 14.0 Å². The predicted molar refractivity (Wildman–Crippen MR) is 142 cm³/mol. The van der Waals surface area contributed by atoms with Crippen LogP contribution in [0.15, 0.2) is 59.8 Å². The van der Waals surface area contributed by atoms with E-state index in [9.17, 15) is 5.11 Å². The zero-order valence-electron chi connectivity index (χ0n) is 21.6. The first-order chi connectivity index (χ1) is 16.5. The molecular weight excluding hydrogens is 456 g/mol. The van der Waals surface area contributed by atoms with Crippen molar-refractivity contribution in [3.05, 3.63) is 71.4 Å². The number of aryl methyl sites for hydroxylation is 1. The van der Waals surface area contributed by atoms with E-state index >= 15 is 0 Å². The highest BCUT2D eigenvalue weighted by Gasteiger charge is 2.44. The topological polar surface area (TPSA) is 73.2 Å². The Balaban J connectivity index is 1.40. The van der Waals surface area contributed by atoms with E-state index in [0.29, 0.717) is 19.6 Å². The van der Waals surface area contributed by atoms with Crippen LogP contribution in [0.1, 0.15) is 44.0 Å². The number of pyridine rings is 1. The summed E-state index contributed by atoms with van der Waals surface area (Å²) in [4.78, 5) is 10.3. The number of ether oxygens (including phenoxy) is 1. The number of para-hydroxylation sites is 1. The molecule has 6 nitrogen and oxygen atoms in total. The third-order valence-electron chi connectivity index (χ3n) is 7.14. The summed E-state index contributed by atoms with van der Waals surface area (Å²) in [5.74, 6) is 0.779. The van der Waals surface area contributed by atoms with E-state index < -0.39 is 13.9 Å². The summed E-state index contributed by atoms with van der Waals surface area (Å²) in [5, 5.41) is 15.6. The Morgan fingerprint density at radius 2 is 1.80 bits per heavy atom. The second-order valence-corrected chi connectivity index (χ2v) is 15.8. The fourth-order valence-corrected chi connectivity index (χ4v) is 4.89. The van der Waals surface area contributed by atoms with Gasteiger partial charge in [-0.2, -0.15) is 0 Å². The molecule has 0 radical (unpaired) electrons. The van der Waals surface area contributed by atoms with Gasteiger partial charge in [0.05, 0.1) is 24.4 Å². The van der Waals surface area contributed by atoms with Crippen molar-refractivity contribution >= 4 is 24.9 Å². The van der Waals surface area contributed by atoms with Crippen LogP contribution in [-0.4, -0.2) is 42.9 Å². The molecule has 186 valence electrons. The number of fused-ring (bicyclic) bond motifs is 1. The predicted octanol–water partition coefficient (Wildman–Crippen LogP) is 6.00. The molecule has 1 aromatic heterocycles. The maximum absolute atomic E-state index is 10.1. The number of rotatable bonds is 8. The molecule has 0 bridgehead atoms. The molecule has 0 saturated heterocycles. The van der Waals surface area contributed by atoms with Gasteiger partial charge in [0.25, 0.3) is 0 Å². The maximum atomic E-state index is 10.1. The van der Waals surface area contributed by atoms with Crippen LogP contribution in [0.4, 0.5) is 0 Å². The molecular formula is C28H36N2O4Si. The van der Waals surface area contributed by atoms with Gasteiger partial charge in [0.2, 0.25) is 0 Å². The van der Waals surface area contributed by atoms with Gasteiger partial charge in [-0.3, -0.25) is 4.98 Å². The standard InChI is InChI=1S/C28H36N2O4Si/c1-20-15-22(24-9-7-8-10-25(24)29-20)17-32-23-13-11-21(12-14-23)26-16-28(18-31,34-30-26)19-33-35(5,6)27(2,3)4/h7-15,31H,16-19H2,1-6H3. The van der Waals surface area contributed by atoms with E-state index in [-0.39, 0.29) is 11.6 Å². The molecule has 1 aliphatic heterocycles. The van der Waals surface area contributed by atoms with Crippen LogP contribution in [0, 0.1) is 6.92 Å².